The summed E-state index contributed by atoms with van der Waals surface area (Å²) >= 11 is 0. The molecule has 1 radical (unpaired) electrons. The highest BCUT2D eigenvalue weighted by molar-refractivity contribution is 4.80. The van der Waals surface area contributed by atoms with Crippen LogP contribution in [0.3, 0.4) is 0 Å². The molecule has 1 aromatic rings. The number of imidazole rings is 1. The molecule has 0 saturated heterocycles. The van der Waals surface area contributed by atoms with Crippen molar-refractivity contribution in [1.82, 2.24) is 9.55 Å². The Morgan fingerprint density at radius 2 is 2.30 bits per heavy atom. The second kappa shape index (κ2) is 3.40. The van der Waals surface area contributed by atoms with Crippen molar-refractivity contribution in [3.8, 4) is 0 Å². The van der Waals surface area contributed by atoms with Crippen LogP contribution >= 0.6 is 0 Å². The van der Waals surface area contributed by atoms with Crippen LogP contribution in [0.25, 0.3) is 0 Å². The molecule has 0 unspecified atom stereocenters. The van der Waals surface area contributed by atoms with Gasteiger partial charge in [0.2, 0.25) is 0 Å². The first-order valence-corrected chi connectivity index (χ1v) is 3.54. The van der Waals surface area contributed by atoms with Gasteiger partial charge in [0.1, 0.15) is 0 Å². The Balaban J connectivity index is 2.28. The van der Waals surface area contributed by atoms with Crippen molar-refractivity contribution in [2.75, 3.05) is 0 Å². The topological polar surface area (TPSA) is 17.8 Å². The van der Waals surface area contributed by atoms with Gasteiger partial charge >= 0.3 is 0 Å². The average molecular weight is 137 g/mol. The Labute approximate surface area is 61.9 Å². The average Bonchev–Trinajstić information content (AvgIpc) is 2.34. The first-order chi connectivity index (χ1) is 4.79. The molecule has 0 aromatic carbocycles. The Bertz CT molecular complexity index is 165. The van der Waals surface area contributed by atoms with Gasteiger partial charge in [-0.2, -0.15) is 0 Å². The maximum Gasteiger partial charge on any atom is 0.0945 e. The molecule has 0 saturated carbocycles. The lowest BCUT2D eigenvalue weighted by molar-refractivity contribution is 0.653. The van der Waals surface area contributed by atoms with Gasteiger partial charge in [-0.05, 0) is 12.3 Å². The third-order valence-corrected chi connectivity index (χ3v) is 1.43. The lowest BCUT2D eigenvalue weighted by Gasteiger charge is -2.03. The van der Waals surface area contributed by atoms with E-state index in [1.807, 2.05) is 18.7 Å². The van der Waals surface area contributed by atoms with E-state index in [0.29, 0.717) is 0 Å². The van der Waals surface area contributed by atoms with Crippen LogP contribution in [0.2, 0.25) is 0 Å². The molecule has 1 heterocycles. The van der Waals surface area contributed by atoms with Crippen LogP contribution in [0, 0.1) is 5.92 Å². The molecule has 0 atom stereocenters. The van der Waals surface area contributed by atoms with Gasteiger partial charge < -0.3 is 4.57 Å². The predicted octanol–water partition coefficient (Wildman–Crippen LogP) is 1.89. The molecule has 1 aromatic heterocycles. The minimum absolute atomic E-state index is 1.06. The second-order valence-corrected chi connectivity index (χ2v) is 2.76. The molecule has 0 aliphatic heterocycles. The SMILES string of the molecule is C[C](C)CCn1ccnc1. The summed E-state index contributed by atoms with van der Waals surface area (Å²) in [5.41, 5.74) is 0. The van der Waals surface area contributed by atoms with Crippen molar-refractivity contribution in [2.24, 2.45) is 0 Å². The zero-order valence-corrected chi connectivity index (χ0v) is 6.54. The van der Waals surface area contributed by atoms with E-state index >= 15 is 0 Å². The fraction of sp³-hybridized carbons (Fsp3) is 0.500. The van der Waals surface area contributed by atoms with Crippen molar-refractivity contribution in [1.29, 1.82) is 0 Å². The standard InChI is InChI=1S/C8H13N2/c1-8(2)3-5-10-6-4-9-7-10/h4,6-7H,3,5H2,1-2H3. The third-order valence-electron chi connectivity index (χ3n) is 1.43. The smallest absolute Gasteiger partial charge is 0.0945 e. The minimum Gasteiger partial charge on any atom is -0.337 e. The summed E-state index contributed by atoms with van der Waals surface area (Å²) in [6, 6.07) is 0. The molecule has 0 amide bonds. The quantitative estimate of drug-likeness (QED) is 0.622. The molecule has 10 heavy (non-hydrogen) atoms. The van der Waals surface area contributed by atoms with E-state index in [2.05, 4.69) is 23.4 Å². The number of hydrogen-bond acceptors (Lipinski definition) is 1. The van der Waals surface area contributed by atoms with E-state index < -0.39 is 0 Å². The number of aromatic nitrogens is 2. The van der Waals surface area contributed by atoms with E-state index in [0.717, 1.165) is 13.0 Å². The van der Waals surface area contributed by atoms with Gasteiger partial charge in [-0.3, -0.25) is 0 Å². The number of rotatable bonds is 3. The molecule has 1 rings (SSSR count). The van der Waals surface area contributed by atoms with Crippen molar-refractivity contribution in [3.05, 3.63) is 24.6 Å². The molecular weight excluding hydrogens is 124 g/mol. The second-order valence-electron chi connectivity index (χ2n) is 2.76. The molecule has 0 N–H and O–H groups in total. The summed E-state index contributed by atoms with van der Waals surface area (Å²) in [4.78, 5) is 3.95. The molecule has 2 heteroatoms. The van der Waals surface area contributed by atoms with Crippen LogP contribution in [-0.2, 0) is 6.54 Å². The number of nitrogens with zero attached hydrogens (tertiary/aromatic N) is 2. The van der Waals surface area contributed by atoms with Crippen molar-refractivity contribution >= 4 is 0 Å². The Kier molecular flexibility index (Phi) is 2.49. The van der Waals surface area contributed by atoms with E-state index in [-0.39, 0.29) is 0 Å². The molecule has 55 valence electrons. The van der Waals surface area contributed by atoms with E-state index in [1.165, 1.54) is 5.92 Å². The summed E-state index contributed by atoms with van der Waals surface area (Å²) in [6.07, 6.45) is 6.80. The third kappa shape index (κ3) is 2.21. The fourth-order valence-electron chi connectivity index (χ4n) is 0.772. The highest BCUT2D eigenvalue weighted by Crippen LogP contribution is 2.03. The van der Waals surface area contributed by atoms with E-state index in [1.54, 1.807) is 0 Å². The largest absolute Gasteiger partial charge is 0.337 e. The summed E-state index contributed by atoms with van der Waals surface area (Å²) in [7, 11) is 0. The van der Waals surface area contributed by atoms with Gasteiger partial charge in [-0.15, -0.1) is 0 Å². The molecular formula is C8H13N2. The molecule has 2 nitrogen and oxygen atoms in total. The van der Waals surface area contributed by atoms with Gasteiger partial charge in [0.25, 0.3) is 0 Å². The minimum atomic E-state index is 1.06. The van der Waals surface area contributed by atoms with E-state index in [9.17, 15) is 0 Å². The van der Waals surface area contributed by atoms with Crippen LogP contribution in [0.5, 0.6) is 0 Å². The zero-order chi connectivity index (χ0) is 7.40. The maximum absolute atomic E-state index is 3.95. The van der Waals surface area contributed by atoms with Crippen LogP contribution in [0.4, 0.5) is 0 Å². The Morgan fingerprint density at radius 1 is 1.50 bits per heavy atom. The van der Waals surface area contributed by atoms with Crippen molar-refractivity contribution < 1.29 is 0 Å². The van der Waals surface area contributed by atoms with Crippen LogP contribution in [0.1, 0.15) is 20.3 Å². The summed E-state index contributed by atoms with van der Waals surface area (Å²) < 4.78 is 2.09. The summed E-state index contributed by atoms with van der Waals surface area (Å²) in [6.45, 7) is 5.36. The lowest BCUT2D eigenvalue weighted by atomic mass is 10.1. The lowest BCUT2D eigenvalue weighted by Crippen LogP contribution is -1.96. The molecule has 0 bridgehead atoms. The van der Waals surface area contributed by atoms with Crippen molar-refractivity contribution in [2.45, 2.75) is 26.8 Å². The van der Waals surface area contributed by atoms with Crippen LogP contribution in [0.15, 0.2) is 18.7 Å². The van der Waals surface area contributed by atoms with Crippen LogP contribution in [-0.4, -0.2) is 9.55 Å². The van der Waals surface area contributed by atoms with Gasteiger partial charge in [0.05, 0.1) is 6.33 Å². The Hall–Kier alpha value is -0.790. The summed E-state index contributed by atoms with van der Waals surface area (Å²) in [5, 5.41) is 0. The van der Waals surface area contributed by atoms with Gasteiger partial charge in [0.15, 0.2) is 0 Å². The molecule has 0 aliphatic rings. The molecule has 0 spiro atoms. The van der Waals surface area contributed by atoms with Crippen LogP contribution < -0.4 is 0 Å². The summed E-state index contributed by atoms with van der Waals surface area (Å²) in [5.74, 6) is 1.47. The first kappa shape index (κ1) is 7.32. The van der Waals surface area contributed by atoms with Gasteiger partial charge in [0, 0.05) is 18.9 Å². The molecule has 0 fully saturated rings. The monoisotopic (exact) mass is 137 g/mol. The van der Waals surface area contributed by atoms with Gasteiger partial charge in [-0.1, -0.05) is 13.8 Å². The highest BCUT2D eigenvalue weighted by atomic mass is 15.0. The fourth-order valence-corrected chi connectivity index (χ4v) is 0.772. The molecule has 0 aliphatic carbocycles. The number of hydrogen-bond donors (Lipinski definition) is 0. The van der Waals surface area contributed by atoms with Crippen molar-refractivity contribution in [3.63, 3.8) is 0 Å². The van der Waals surface area contributed by atoms with Gasteiger partial charge in [-0.25, -0.2) is 4.98 Å². The first-order valence-electron chi connectivity index (χ1n) is 3.54. The normalized spacial score (nSPS) is 10.7. The Morgan fingerprint density at radius 3 is 2.80 bits per heavy atom. The highest BCUT2D eigenvalue weighted by Gasteiger charge is 1.93. The number of aryl methyl sites for hydroxylation is 1. The maximum atomic E-state index is 3.95. The predicted molar refractivity (Wildman–Crippen MR) is 41.4 cm³/mol. The zero-order valence-electron chi connectivity index (χ0n) is 6.54. The van der Waals surface area contributed by atoms with E-state index in [4.69, 9.17) is 0 Å².